The summed E-state index contributed by atoms with van der Waals surface area (Å²) in [5, 5.41) is 3.47. The van der Waals surface area contributed by atoms with Crippen LogP contribution in [0.25, 0.3) is 0 Å². The van der Waals surface area contributed by atoms with Crippen LogP contribution in [-0.2, 0) is 9.53 Å². The van der Waals surface area contributed by atoms with Crippen molar-refractivity contribution in [2.45, 2.75) is 44.9 Å². The third kappa shape index (κ3) is 4.44. The lowest BCUT2D eigenvalue weighted by atomic mass is 10.2. The third-order valence-corrected chi connectivity index (χ3v) is 3.87. The van der Waals surface area contributed by atoms with E-state index in [-0.39, 0.29) is 18.1 Å². The molecule has 1 amide bonds. The van der Waals surface area contributed by atoms with Crippen molar-refractivity contribution in [2.75, 3.05) is 39.8 Å². The first-order chi connectivity index (χ1) is 9.04. The van der Waals surface area contributed by atoms with Gasteiger partial charge in [-0.2, -0.15) is 0 Å². The topological polar surface area (TPSA) is 44.8 Å². The number of ether oxygens (including phenoxy) is 1. The SMILES string of the molecule is CC1CN(C(=O)CN(C)CC2CCCN2)CC(C)O1. The number of hydrogen-bond donors (Lipinski definition) is 1. The Morgan fingerprint density at radius 2 is 2.05 bits per heavy atom. The van der Waals surface area contributed by atoms with E-state index >= 15 is 0 Å². The molecule has 0 aromatic heterocycles. The number of hydrogen-bond acceptors (Lipinski definition) is 4. The van der Waals surface area contributed by atoms with E-state index in [2.05, 4.69) is 10.2 Å². The van der Waals surface area contributed by atoms with Crippen LogP contribution in [0.3, 0.4) is 0 Å². The van der Waals surface area contributed by atoms with Crippen molar-refractivity contribution in [1.82, 2.24) is 15.1 Å². The highest BCUT2D eigenvalue weighted by Crippen LogP contribution is 2.11. The molecule has 2 rings (SSSR count). The van der Waals surface area contributed by atoms with Crippen LogP contribution in [0.5, 0.6) is 0 Å². The molecule has 0 aromatic rings. The summed E-state index contributed by atoms with van der Waals surface area (Å²) in [4.78, 5) is 16.4. The second-order valence-electron chi connectivity index (χ2n) is 6.05. The summed E-state index contributed by atoms with van der Waals surface area (Å²) in [6.45, 7) is 8.09. The van der Waals surface area contributed by atoms with Gasteiger partial charge in [-0.05, 0) is 40.3 Å². The zero-order valence-corrected chi connectivity index (χ0v) is 12.4. The summed E-state index contributed by atoms with van der Waals surface area (Å²) in [6, 6.07) is 0.556. The van der Waals surface area contributed by atoms with E-state index in [1.807, 2.05) is 25.8 Å². The first kappa shape index (κ1) is 14.8. The Bertz CT molecular complexity index is 295. The first-order valence-electron chi connectivity index (χ1n) is 7.39. The lowest BCUT2D eigenvalue weighted by Gasteiger charge is -2.36. The first-order valence-corrected chi connectivity index (χ1v) is 7.39. The van der Waals surface area contributed by atoms with Crippen LogP contribution in [-0.4, -0.2) is 73.7 Å². The van der Waals surface area contributed by atoms with Crippen LogP contribution in [0.4, 0.5) is 0 Å². The largest absolute Gasteiger partial charge is 0.372 e. The maximum Gasteiger partial charge on any atom is 0.236 e. The standard InChI is InChI=1S/C14H27N3O2/c1-11-7-17(8-12(2)19-11)14(18)10-16(3)9-13-5-4-6-15-13/h11-13,15H,4-10H2,1-3H3. The smallest absolute Gasteiger partial charge is 0.236 e. The molecule has 3 unspecified atom stereocenters. The van der Waals surface area contributed by atoms with Crippen LogP contribution < -0.4 is 5.32 Å². The number of likely N-dealkylation sites (N-methyl/N-ethyl adjacent to an activating group) is 1. The Morgan fingerprint density at radius 3 is 2.63 bits per heavy atom. The van der Waals surface area contributed by atoms with Crippen LogP contribution in [0, 0.1) is 0 Å². The highest BCUT2D eigenvalue weighted by Gasteiger charge is 2.26. The van der Waals surface area contributed by atoms with Crippen molar-refractivity contribution in [3.8, 4) is 0 Å². The second-order valence-corrected chi connectivity index (χ2v) is 6.05. The Morgan fingerprint density at radius 1 is 1.37 bits per heavy atom. The number of nitrogens with zero attached hydrogens (tertiary/aromatic N) is 2. The van der Waals surface area contributed by atoms with Crippen LogP contribution >= 0.6 is 0 Å². The van der Waals surface area contributed by atoms with Gasteiger partial charge in [-0.3, -0.25) is 9.69 Å². The molecule has 0 aromatic carbocycles. The molecule has 5 nitrogen and oxygen atoms in total. The molecule has 110 valence electrons. The van der Waals surface area contributed by atoms with E-state index in [0.29, 0.717) is 12.6 Å². The van der Waals surface area contributed by atoms with Crippen LogP contribution in [0.15, 0.2) is 0 Å². The molecule has 2 aliphatic rings. The van der Waals surface area contributed by atoms with Crippen LogP contribution in [0.2, 0.25) is 0 Å². The number of morpholine rings is 1. The quantitative estimate of drug-likeness (QED) is 0.797. The Labute approximate surface area is 116 Å². The number of rotatable bonds is 4. The molecule has 3 atom stereocenters. The summed E-state index contributed by atoms with van der Waals surface area (Å²) in [6.07, 6.45) is 2.78. The van der Waals surface area contributed by atoms with E-state index in [4.69, 9.17) is 4.74 Å². The van der Waals surface area contributed by atoms with E-state index in [0.717, 1.165) is 26.2 Å². The second kappa shape index (κ2) is 6.68. The number of carbonyl (C=O) groups is 1. The lowest BCUT2D eigenvalue weighted by molar-refractivity contribution is -0.144. The molecule has 5 heteroatoms. The average Bonchev–Trinajstić information content (AvgIpc) is 2.80. The normalized spacial score (nSPS) is 32.0. The lowest BCUT2D eigenvalue weighted by Crippen LogP contribution is -2.51. The van der Waals surface area contributed by atoms with Crippen molar-refractivity contribution >= 4 is 5.91 Å². The maximum absolute atomic E-state index is 12.3. The predicted molar refractivity (Wildman–Crippen MR) is 75.1 cm³/mol. The number of nitrogens with one attached hydrogen (secondary N) is 1. The van der Waals surface area contributed by atoms with Crippen molar-refractivity contribution in [3.05, 3.63) is 0 Å². The predicted octanol–water partition coefficient (Wildman–Crippen LogP) is 0.306. The van der Waals surface area contributed by atoms with Crippen molar-refractivity contribution in [3.63, 3.8) is 0 Å². The minimum atomic E-state index is 0.148. The van der Waals surface area contributed by atoms with Gasteiger partial charge in [0.15, 0.2) is 0 Å². The molecular formula is C14H27N3O2. The van der Waals surface area contributed by atoms with Gasteiger partial charge in [-0.25, -0.2) is 0 Å². The summed E-state index contributed by atoms with van der Waals surface area (Å²) in [5.41, 5.74) is 0. The van der Waals surface area contributed by atoms with Gasteiger partial charge in [0, 0.05) is 25.7 Å². The van der Waals surface area contributed by atoms with Gasteiger partial charge in [-0.1, -0.05) is 0 Å². The number of amides is 1. The molecular weight excluding hydrogens is 242 g/mol. The molecule has 2 saturated heterocycles. The summed E-state index contributed by atoms with van der Waals surface area (Å²) >= 11 is 0. The van der Waals surface area contributed by atoms with Gasteiger partial charge in [-0.15, -0.1) is 0 Å². The number of carbonyl (C=O) groups excluding carboxylic acids is 1. The molecule has 0 aliphatic carbocycles. The van der Waals surface area contributed by atoms with Crippen LogP contribution in [0.1, 0.15) is 26.7 Å². The Kier molecular flexibility index (Phi) is 5.19. The van der Waals surface area contributed by atoms with Gasteiger partial charge in [0.2, 0.25) is 5.91 Å². The summed E-state index contributed by atoms with van der Waals surface area (Å²) < 4.78 is 5.66. The van der Waals surface area contributed by atoms with Crippen molar-refractivity contribution in [1.29, 1.82) is 0 Å². The summed E-state index contributed by atoms with van der Waals surface area (Å²) in [7, 11) is 2.03. The van der Waals surface area contributed by atoms with E-state index in [1.54, 1.807) is 0 Å². The fraction of sp³-hybridized carbons (Fsp3) is 0.929. The highest BCUT2D eigenvalue weighted by atomic mass is 16.5. The van der Waals surface area contributed by atoms with E-state index in [9.17, 15) is 4.79 Å². The molecule has 2 aliphatic heterocycles. The van der Waals surface area contributed by atoms with Gasteiger partial charge in [0.1, 0.15) is 0 Å². The Balaban J connectivity index is 1.75. The highest BCUT2D eigenvalue weighted by molar-refractivity contribution is 5.78. The minimum absolute atomic E-state index is 0.148. The third-order valence-electron chi connectivity index (χ3n) is 3.87. The molecule has 2 fully saturated rings. The molecule has 0 radical (unpaired) electrons. The van der Waals surface area contributed by atoms with Crippen molar-refractivity contribution in [2.24, 2.45) is 0 Å². The molecule has 2 heterocycles. The maximum atomic E-state index is 12.3. The zero-order valence-electron chi connectivity index (χ0n) is 12.4. The minimum Gasteiger partial charge on any atom is -0.372 e. The summed E-state index contributed by atoms with van der Waals surface area (Å²) in [5.74, 6) is 0.225. The van der Waals surface area contributed by atoms with Gasteiger partial charge < -0.3 is 15.0 Å². The van der Waals surface area contributed by atoms with Gasteiger partial charge in [0.25, 0.3) is 0 Å². The fourth-order valence-electron chi connectivity index (χ4n) is 3.07. The van der Waals surface area contributed by atoms with Crippen molar-refractivity contribution < 1.29 is 9.53 Å². The fourth-order valence-corrected chi connectivity index (χ4v) is 3.07. The Hall–Kier alpha value is -0.650. The van der Waals surface area contributed by atoms with E-state index in [1.165, 1.54) is 12.8 Å². The molecule has 1 N–H and O–H groups in total. The van der Waals surface area contributed by atoms with Gasteiger partial charge >= 0.3 is 0 Å². The molecule has 0 saturated carbocycles. The zero-order chi connectivity index (χ0) is 13.8. The average molecular weight is 269 g/mol. The molecule has 0 bridgehead atoms. The van der Waals surface area contributed by atoms with Gasteiger partial charge in [0.05, 0.1) is 18.8 Å². The van der Waals surface area contributed by atoms with E-state index < -0.39 is 0 Å². The molecule has 19 heavy (non-hydrogen) atoms. The molecule has 0 spiro atoms. The monoisotopic (exact) mass is 269 g/mol.